The minimum Gasteiger partial charge on any atom is -0.462 e. The molecule has 0 rings (SSSR count). The maximum absolute atomic E-state index is 12.9. The molecule has 0 aromatic heterocycles. The summed E-state index contributed by atoms with van der Waals surface area (Å²) in [7, 11) is 0. The van der Waals surface area contributed by atoms with Crippen molar-refractivity contribution in [3.63, 3.8) is 0 Å². The normalized spacial score (nSPS) is 12.9. The van der Waals surface area contributed by atoms with E-state index in [0.717, 1.165) is 148 Å². The van der Waals surface area contributed by atoms with E-state index in [1.54, 1.807) is 0 Å². The number of hydrogen-bond acceptors (Lipinski definition) is 6. The zero-order valence-corrected chi connectivity index (χ0v) is 52.3. The number of carbonyl (C=O) groups is 3. The maximum atomic E-state index is 12.9. The largest absolute Gasteiger partial charge is 0.462 e. The van der Waals surface area contributed by atoms with Crippen LogP contribution in [0.3, 0.4) is 0 Å². The number of rotatable bonds is 60. The molecule has 0 aliphatic carbocycles. The third-order valence-electron chi connectivity index (χ3n) is 14.2. The van der Waals surface area contributed by atoms with Crippen molar-refractivity contribution in [1.82, 2.24) is 0 Å². The summed E-state index contributed by atoms with van der Waals surface area (Å²) < 4.78 is 16.9. The third-order valence-corrected chi connectivity index (χ3v) is 14.2. The van der Waals surface area contributed by atoms with Gasteiger partial charge in [0.25, 0.3) is 0 Å². The van der Waals surface area contributed by atoms with Gasteiger partial charge in [-0.1, -0.05) is 303 Å². The van der Waals surface area contributed by atoms with E-state index in [1.165, 1.54) is 122 Å². The van der Waals surface area contributed by atoms with Gasteiger partial charge in [-0.15, -0.1) is 0 Å². The van der Waals surface area contributed by atoms with Crippen molar-refractivity contribution < 1.29 is 28.6 Å². The van der Waals surface area contributed by atoms with Crippen LogP contribution in [0.4, 0.5) is 0 Å². The molecule has 0 spiro atoms. The molecule has 1 unspecified atom stereocenters. The zero-order chi connectivity index (χ0) is 57.8. The van der Waals surface area contributed by atoms with Gasteiger partial charge in [0.15, 0.2) is 6.10 Å². The van der Waals surface area contributed by atoms with Gasteiger partial charge in [-0.3, -0.25) is 14.4 Å². The Balaban J connectivity index is 4.37. The average Bonchev–Trinajstić information content (AvgIpc) is 3.46. The van der Waals surface area contributed by atoms with Crippen molar-refractivity contribution in [2.24, 2.45) is 0 Å². The second-order valence-corrected chi connectivity index (χ2v) is 22.0. The Kier molecular flexibility index (Phi) is 63.8. The van der Waals surface area contributed by atoms with Gasteiger partial charge >= 0.3 is 17.9 Å². The lowest BCUT2D eigenvalue weighted by Gasteiger charge is -2.18. The summed E-state index contributed by atoms with van der Waals surface area (Å²) in [5, 5.41) is 0. The summed E-state index contributed by atoms with van der Waals surface area (Å²) >= 11 is 0. The third kappa shape index (κ3) is 64.6. The van der Waals surface area contributed by atoms with Crippen molar-refractivity contribution >= 4 is 17.9 Å². The Morgan fingerprint density at radius 1 is 0.263 bits per heavy atom. The Hall–Kier alpha value is -4.19. The molecule has 0 saturated heterocycles. The molecule has 0 aromatic carbocycles. The van der Waals surface area contributed by atoms with E-state index >= 15 is 0 Å². The van der Waals surface area contributed by atoms with E-state index in [1.807, 2.05) is 0 Å². The Labute approximate surface area is 494 Å². The second kappa shape index (κ2) is 67.3. The van der Waals surface area contributed by atoms with Crippen molar-refractivity contribution in [1.29, 1.82) is 0 Å². The van der Waals surface area contributed by atoms with Gasteiger partial charge in [-0.25, -0.2) is 0 Å². The first-order chi connectivity index (χ1) is 39.5. The zero-order valence-electron chi connectivity index (χ0n) is 52.3. The Morgan fingerprint density at radius 3 is 0.775 bits per heavy atom. The lowest BCUT2D eigenvalue weighted by Crippen LogP contribution is -2.30. The molecule has 1 atom stereocenters. The van der Waals surface area contributed by atoms with Crippen LogP contribution >= 0.6 is 0 Å². The lowest BCUT2D eigenvalue weighted by atomic mass is 10.0. The summed E-state index contributed by atoms with van der Waals surface area (Å²) in [5.41, 5.74) is 0. The number of allylic oxidation sites excluding steroid dienone is 20. The van der Waals surface area contributed by atoms with Crippen molar-refractivity contribution in [2.45, 2.75) is 316 Å². The topological polar surface area (TPSA) is 78.9 Å². The fourth-order valence-corrected chi connectivity index (χ4v) is 9.26. The molecular formula is C74H124O6. The summed E-state index contributed by atoms with van der Waals surface area (Å²) in [4.78, 5) is 38.3. The molecule has 0 aliphatic rings. The molecule has 0 heterocycles. The van der Waals surface area contributed by atoms with Gasteiger partial charge < -0.3 is 14.2 Å². The molecule has 0 aromatic rings. The summed E-state index contributed by atoms with van der Waals surface area (Å²) in [6.45, 7) is 6.40. The predicted molar refractivity (Wildman–Crippen MR) is 348 cm³/mol. The van der Waals surface area contributed by atoms with Crippen LogP contribution in [0.5, 0.6) is 0 Å². The molecule has 0 radical (unpaired) electrons. The highest BCUT2D eigenvalue weighted by atomic mass is 16.6. The van der Waals surface area contributed by atoms with E-state index < -0.39 is 6.10 Å². The summed E-state index contributed by atoms with van der Waals surface area (Å²) in [6.07, 6.45) is 93.6. The molecule has 0 aliphatic heterocycles. The predicted octanol–water partition coefficient (Wildman–Crippen LogP) is 23.2. The van der Waals surface area contributed by atoms with Crippen LogP contribution in [0, 0.1) is 0 Å². The van der Waals surface area contributed by atoms with E-state index in [-0.39, 0.29) is 31.1 Å². The number of carbonyl (C=O) groups excluding carboxylic acids is 3. The van der Waals surface area contributed by atoms with E-state index in [4.69, 9.17) is 14.2 Å². The highest BCUT2D eigenvalue weighted by Crippen LogP contribution is 2.17. The van der Waals surface area contributed by atoms with E-state index in [9.17, 15) is 14.4 Å². The fourth-order valence-electron chi connectivity index (χ4n) is 9.26. The van der Waals surface area contributed by atoms with Gasteiger partial charge in [-0.2, -0.15) is 0 Å². The highest BCUT2D eigenvalue weighted by molar-refractivity contribution is 5.71. The van der Waals surface area contributed by atoms with Crippen LogP contribution in [-0.4, -0.2) is 37.2 Å². The number of esters is 3. The van der Waals surface area contributed by atoms with Gasteiger partial charge in [0, 0.05) is 19.3 Å². The van der Waals surface area contributed by atoms with Crippen LogP contribution in [-0.2, 0) is 28.6 Å². The van der Waals surface area contributed by atoms with Gasteiger partial charge in [0.05, 0.1) is 0 Å². The van der Waals surface area contributed by atoms with Crippen molar-refractivity contribution in [3.8, 4) is 0 Å². The van der Waals surface area contributed by atoms with Gasteiger partial charge in [0.1, 0.15) is 13.2 Å². The smallest absolute Gasteiger partial charge is 0.306 e. The Morgan fingerprint density at radius 2 is 0.487 bits per heavy atom. The quantitative estimate of drug-likeness (QED) is 0.0261. The summed E-state index contributed by atoms with van der Waals surface area (Å²) in [5.74, 6) is -0.936. The van der Waals surface area contributed by atoms with Crippen LogP contribution in [0.15, 0.2) is 122 Å². The maximum Gasteiger partial charge on any atom is 0.306 e. The van der Waals surface area contributed by atoms with E-state index in [2.05, 4.69) is 142 Å². The number of unbranched alkanes of at least 4 members (excludes halogenated alkanes) is 29. The minimum absolute atomic E-state index is 0.0981. The van der Waals surface area contributed by atoms with Crippen molar-refractivity contribution in [2.75, 3.05) is 13.2 Å². The molecular weight excluding hydrogens is 985 g/mol. The van der Waals surface area contributed by atoms with Gasteiger partial charge in [-0.05, 0) is 109 Å². The fraction of sp³-hybridized carbons (Fsp3) is 0.689. The molecule has 456 valence electrons. The molecule has 0 fully saturated rings. The molecule has 0 N–H and O–H groups in total. The average molecular weight is 1110 g/mol. The first-order valence-electron chi connectivity index (χ1n) is 33.5. The van der Waals surface area contributed by atoms with Crippen LogP contribution < -0.4 is 0 Å². The first-order valence-corrected chi connectivity index (χ1v) is 33.5. The molecule has 6 nitrogen and oxygen atoms in total. The van der Waals surface area contributed by atoms with Gasteiger partial charge in [0.2, 0.25) is 0 Å². The Bertz CT molecular complexity index is 1650. The minimum atomic E-state index is -0.801. The SMILES string of the molecule is CC/C=C\C/C=C\C/C=C\C/C=C\C/C=C\C/C=C\C/C=C\CCCCCCCC(=O)OCC(COC(=O)CCCCC/C=C\C/C=C\C/C=C\CC)OC(=O)CCCCCCCCCCCCCCCCCCCCCCCC. The lowest BCUT2D eigenvalue weighted by molar-refractivity contribution is -0.167. The molecule has 0 amide bonds. The van der Waals surface area contributed by atoms with Crippen LogP contribution in [0.2, 0.25) is 0 Å². The molecule has 0 saturated carbocycles. The molecule has 80 heavy (non-hydrogen) atoms. The van der Waals surface area contributed by atoms with Crippen molar-refractivity contribution in [3.05, 3.63) is 122 Å². The number of hydrogen-bond donors (Lipinski definition) is 0. The van der Waals surface area contributed by atoms with Crippen LogP contribution in [0.1, 0.15) is 310 Å². The number of ether oxygens (including phenoxy) is 3. The van der Waals surface area contributed by atoms with E-state index in [0.29, 0.717) is 19.3 Å². The molecule has 6 heteroatoms. The monoisotopic (exact) mass is 1110 g/mol. The first kappa shape index (κ1) is 75.8. The highest BCUT2D eigenvalue weighted by Gasteiger charge is 2.19. The van der Waals surface area contributed by atoms with Crippen LogP contribution in [0.25, 0.3) is 0 Å². The standard InChI is InChI=1S/C74H124O6/c1-4-7-10-13-16-19-22-25-27-29-31-33-35-36-37-38-39-41-42-44-46-49-52-55-58-61-64-67-73(76)79-70-71(69-78-72(75)66-63-60-57-54-51-48-24-21-18-15-12-9-6-3)80-74(77)68-65-62-59-56-53-50-47-45-43-40-34-32-30-28-26-23-20-17-14-11-8-5-2/h7,9-10,12,16,18-19,21,25,27,31,33,36-37,39,41,44,46,48,51,71H,4-6,8,11,13-15,17,20,22-24,26,28-30,32,34-35,38,40,42-43,45,47,49-50,52-70H2,1-3H3/b10-7-,12-9-,19-16-,21-18-,27-25-,33-31-,37-36-,41-39-,46-44-,51-48-. The second-order valence-electron chi connectivity index (χ2n) is 22.0. The summed E-state index contributed by atoms with van der Waals surface area (Å²) in [6, 6.07) is 0. The molecule has 0 bridgehead atoms.